The summed E-state index contributed by atoms with van der Waals surface area (Å²) in [7, 11) is 0. The molecule has 0 bridgehead atoms. The molecular formula is C44H26O. The van der Waals surface area contributed by atoms with Crippen LogP contribution in [0.3, 0.4) is 0 Å². The molecule has 10 aromatic rings. The number of hydrogen-bond donors (Lipinski definition) is 0. The molecule has 0 spiro atoms. The van der Waals surface area contributed by atoms with Crippen LogP contribution in [0.4, 0.5) is 0 Å². The van der Waals surface area contributed by atoms with E-state index in [1.54, 1.807) is 30.3 Å². The fourth-order valence-electron chi connectivity index (χ4n) is 6.52. The first-order valence-electron chi connectivity index (χ1n) is 22.6. The van der Waals surface area contributed by atoms with E-state index in [1.165, 1.54) is 0 Å². The van der Waals surface area contributed by atoms with Gasteiger partial charge in [-0.25, -0.2) is 0 Å². The molecule has 1 aromatic heterocycles. The third kappa shape index (κ3) is 3.44. The van der Waals surface area contributed by atoms with Gasteiger partial charge in [0.15, 0.2) is 0 Å². The van der Waals surface area contributed by atoms with Gasteiger partial charge >= 0.3 is 0 Å². The Morgan fingerprint density at radius 2 is 1.00 bits per heavy atom. The van der Waals surface area contributed by atoms with Gasteiger partial charge in [-0.05, 0) is 77.1 Å². The molecule has 9 aromatic carbocycles. The van der Waals surface area contributed by atoms with Crippen LogP contribution in [-0.4, -0.2) is 0 Å². The second-order valence-electron chi connectivity index (χ2n) is 10.7. The smallest absolute Gasteiger partial charge is 0.143 e. The summed E-state index contributed by atoms with van der Waals surface area (Å²) >= 11 is 0. The van der Waals surface area contributed by atoms with Crippen molar-refractivity contribution in [3.63, 3.8) is 0 Å². The fraction of sp³-hybridized carbons (Fsp3) is 0. The first kappa shape index (κ1) is 13.4. The van der Waals surface area contributed by atoms with Crippen LogP contribution in [0.2, 0.25) is 0 Å². The van der Waals surface area contributed by atoms with Crippen molar-refractivity contribution in [2.75, 3.05) is 0 Å². The molecule has 1 heterocycles. The molecule has 0 atom stereocenters. The lowest BCUT2D eigenvalue weighted by Crippen LogP contribution is -1.93. The lowest BCUT2D eigenvalue weighted by atomic mass is 9.83. The van der Waals surface area contributed by atoms with Crippen molar-refractivity contribution in [1.82, 2.24) is 0 Å². The van der Waals surface area contributed by atoms with Crippen molar-refractivity contribution in [1.29, 1.82) is 0 Å². The Morgan fingerprint density at radius 1 is 0.378 bits per heavy atom. The summed E-state index contributed by atoms with van der Waals surface area (Å²) in [4.78, 5) is 0. The summed E-state index contributed by atoms with van der Waals surface area (Å²) in [5.74, 6) is 0. The lowest BCUT2D eigenvalue weighted by Gasteiger charge is -2.20. The van der Waals surface area contributed by atoms with E-state index < -0.39 is 135 Å². The average Bonchev–Trinajstić information content (AvgIpc) is 3.64. The van der Waals surface area contributed by atoms with Crippen LogP contribution in [0.25, 0.3) is 98.1 Å². The van der Waals surface area contributed by atoms with Gasteiger partial charge < -0.3 is 4.42 Å². The van der Waals surface area contributed by atoms with Crippen LogP contribution in [0.5, 0.6) is 0 Å². The predicted molar refractivity (Wildman–Crippen MR) is 192 cm³/mol. The SMILES string of the molecule is [2H]c1c([2H])c([2H])c2c(-c3c([2H])c([2H])c([2H])c4c3c([2H])c([2H])c3c([2H])c([2H])c([2H])c([2H])c34)c3c([2H])c([2H])c([2H])c([2H])c3c(-c3c4ccccc4cc4c3oc3ccccc34)c2c1[2H]. The van der Waals surface area contributed by atoms with E-state index in [0.29, 0.717) is 27.1 Å². The van der Waals surface area contributed by atoms with Crippen molar-refractivity contribution in [2.45, 2.75) is 0 Å². The van der Waals surface area contributed by atoms with E-state index in [4.69, 9.17) is 19.5 Å². The number of para-hydroxylation sites is 1. The van der Waals surface area contributed by atoms with Crippen LogP contribution in [0.1, 0.15) is 23.3 Å². The minimum absolute atomic E-state index is 0.0514. The number of fused-ring (bicyclic) bond motifs is 9. The van der Waals surface area contributed by atoms with E-state index in [0.717, 1.165) is 0 Å². The molecule has 0 radical (unpaired) electrons. The van der Waals surface area contributed by atoms with E-state index >= 15 is 0 Å². The summed E-state index contributed by atoms with van der Waals surface area (Å²) in [5.41, 5.74) is -0.0267. The topological polar surface area (TPSA) is 13.1 Å². The standard InChI is InChI=1S/C44H26O/c1-3-14-29-27(12-1)24-25-32-31(29)21-11-22-34(32)41-35-17-5-7-19-37(35)42(38-20-8-6-18-36(38)41)43-30-15-4-2-13-28(30)26-39-33-16-9-10-23-40(33)45-44(39)43/h1-26H/i1D,3D,5D,6D,7D,8D,11D,12D,14D,17D,18D,19D,20D,21D,22D,24D,25D. The molecule has 208 valence electrons. The predicted octanol–water partition coefficient (Wildman–Crippen LogP) is 12.7. The Morgan fingerprint density at radius 3 is 1.78 bits per heavy atom. The van der Waals surface area contributed by atoms with Gasteiger partial charge in [-0.15, -0.1) is 0 Å². The maximum Gasteiger partial charge on any atom is 0.143 e. The molecule has 0 aliphatic rings. The van der Waals surface area contributed by atoms with Crippen LogP contribution in [0.15, 0.2) is 162 Å². The first-order valence-corrected chi connectivity index (χ1v) is 14.1. The van der Waals surface area contributed by atoms with Crippen LogP contribution >= 0.6 is 0 Å². The zero-order valence-electron chi connectivity index (χ0n) is 40.1. The van der Waals surface area contributed by atoms with Gasteiger partial charge in [-0.3, -0.25) is 0 Å². The second-order valence-corrected chi connectivity index (χ2v) is 10.7. The third-order valence-electron chi connectivity index (χ3n) is 8.39. The van der Waals surface area contributed by atoms with Crippen molar-refractivity contribution in [2.24, 2.45) is 0 Å². The second kappa shape index (κ2) is 9.29. The Bertz CT molecular complexity index is 3700. The van der Waals surface area contributed by atoms with Gasteiger partial charge in [-0.2, -0.15) is 0 Å². The summed E-state index contributed by atoms with van der Waals surface area (Å²) in [6.45, 7) is 0. The quantitative estimate of drug-likeness (QED) is 0.145. The Hall–Kier alpha value is -5.92. The Kier molecular flexibility index (Phi) is 2.76. The molecule has 0 aliphatic carbocycles. The van der Waals surface area contributed by atoms with Crippen molar-refractivity contribution in [3.8, 4) is 22.3 Å². The first-order chi connectivity index (χ1) is 29.4. The average molecular weight is 588 g/mol. The molecule has 10 rings (SSSR count). The summed E-state index contributed by atoms with van der Waals surface area (Å²) in [6.07, 6.45) is 0. The number of benzene rings is 9. The molecule has 0 saturated carbocycles. The van der Waals surface area contributed by atoms with Crippen LogP contribution < -0.4 is 0 Å². The van der Waals surface area contributed by atoms with Crippen LogP contribution in [-0.2, 0) is 0 Å². The highest BCUT2D eigenvalue weighted by Crippen LogP contribution is 2.49. The molecule has 1 heteroatoms. The minimum Gasteiger partial charge on any atom is -0.455 e. The lowest BCUT2D eigenvalue weighted by molar-refractivity contribution is 0.670. The minimum atomic E-state index is -0.816. The van der Waals surface area contributed by atoms with Gasteiger partial charge in [-0.1, -0.05) is 145 Å². The molecule has 0 fully saturated rings. The Labute approximate surface area is 283 Å². The van der Waals surface area contributed by atoms with Crippen molar-refractivity contribution >= 4 is 75.8 Å². The fourth-order valence-corrected chi connectivity index (χ4v) is 6.52. The zero-order valence-corrected chi connectivity index (χ0v) is 23.1. The monoisotopic (exact) mass is 587 g/mol. The molecule has 0 N–H and O–H groups in total. The van der Waals surface area contributed by atoms with E-state index in [1.807, 2.05) is 24.3 Å². The van der Waals surface area contributed by atoms with Crippen molar-refractivity contribution in [3.05, 3.63) is 157 Å². The highest BCUT2D eigenvalue weighted by molar-refractivity contribution is 6.29. The molecule has 0 unspecified atom stereocenters. The number of hydrogen-bond acceptors (Lipinski definition) is 1. The number of rotatable bonds is 2. The van der Waals surface area contributed by atoms with E-state index in [-0.39, 0.29) is 38.3 Å². The highest BCUT2D eigenvalue weighted by Gasteiger charge is 2.23. The molecule has 0 aliphatic heterocycles. The van der Waals surface area contributed by atoms with Gasteiger partial charge in [0.2, 0.25) is 0 Å². The summed E-state index contributed by atoms with van der Waals surface area (Å²) < 4.78 is 161. The normalized spacial score (nSPS) is 17.3. The van der Waals surface area contributed by atoms with Gasteiger partial charge in [0.25, 0.3) is 0 Å². The van der Waals surface area contributed by atoms with Gasteiger partial charge in [0.05, 0.1) is 23.3 Å². The summed E-state index contributed by atoms with van der Waals surface area (Å²) in [5, 5.41) is -0.483. The Balaban J connectivity index is 1.60. The largest absolute Gasteiger partial charge is 0.455 e. The molecule has 45 heavy (non-hydrogen) atoms. The van der Waals surface area contributed by atoms with Crippen molar-refractivity contribution < 1.29 is 27.7 Å². The molecule has 1 nitrogen and oxygen atoms in total. The van der Waals surface area contributed by atoms with E-state index in [2.05, 4.69) is 0 Å². The third-order valence-corrected chi connectivity index (χ3v) is 8.39. The molecule has 0 saturated heterocycles. The number of furan rings is 1. The molecular weight excluding hydrogens is 544 g/mol. The summed E-state index contributed by atoms with van der Waals surface area (Å²) in [6, 6.07) is 3.98. The highest BCUT2D eigenvalue weighted by atomic mass is 16.3. The van der Waals surface area contributed by atoms with Gasteiger partial charge in [0, 0.05) is 21.9 Å². The molecule has 0 amide bonds. The van der Waals surface area contributed by atoms with E-state index in [9.17, 15) is 8.22 Å². The maximum absolute atomic E-state index is 9.59. The maximum atomic E-state index is 9.59. The van der Waals surface area contributed by atoms with Crippen LogP contribution in [0, 0.1) is 0 Å². The zero-order chi connectivity index (χ0) is 44.3. The van der Waals surface area contributed by atoms with Gasteiger partial charge in [0.1, 0.15) is 11.2 Å².